The minimum absolute atomic E-state index is 0.0560. The summed E-state index contributed by atoms with van der Waals surface area (Å²) in [5, 5.41) is 6.15. The van der Waals surface area contributed by atoms with Crippen molar-refractivity contribution < 1.29 is 19.1 Å². The number of nitrogens with one attached hydrogen (secondary N) is 2. The second-order valence-corrected chi connectivity index (χ2v) is 16.4. The van der Waals surface area contributed by atoms with Gasteiger partial charge in [0.2, 0.25) is 11.8 Å². The van der Waals surface area contributed by atoms with Gasteiger partial charge >= 0.3 is 0 Å². The predicted octanol–water partition coefficient (Wildman–Crippen LogP) is 5.38. The SMILES string of the molecule is C[C@H]1CC[C@@]2(OC1)O[C@H]1C[C@H]3[C@@H]4CC[C@@H]5C[C@@H](NC(=O)CC(=O)NCCCN(C)C)CC[C@]5(C)[C@H]4CC[C@]3(C)[C@H]1[C@@H]2C. The molecule has 0 unspecified atom stereocenters. The van der Waals surface area contributed by atoms with Crippen LogP contribution in [0.25, 0.3) is 0 Å². The van der Waals surface area contributed by atoms with E-state index in [1.807, 2.05) is 14.1 Å². The molecule has 0 aromatic rings. The van der Waals surface area contributed by atoms with E-state index in [-0.39, 0.29) is 30.1 Å². The fourth-order valence-electron chi connectivity index (χ4n) is 11.5. The molecule has 4 aliphatic carbocycles. The molecule has 2 amide bonds. The lowest BCUT2D eigenvalue weighted by atomic mass is 9.44. The Kier molecular flexibility index (Phi) is 8.54. The fourth-order valence-corrected chi connectivity index (χ4v) is 11.5. The molecule has 6 fully saturated rings. The molecule has 0 radical (unpaired) electrons. The summed E-state index contributed by atoms with van der Waals surface area (Å²) >= 11 is 0. The van der Waals surface area contributed by atoms with E-state index < -0.39 is 0 Å². The zero-order chi connectivity index (χ0) is 29.9. The monoisotopic (exact) mass is 585 g/mol. The Morgan fingerprint density at radius 2 is 1.69 bits per heavy atom. The third-order valence-corrected chi connectivity index (χ3v) is 13.7. The average molecular weight is 586 g/mol. The van der Waals surface area contributed by atoms with Crippen molar-refractivity contribution in [2.45, 2.75) is 123 Å². The van der Waals surface area contributed by atoms with Crippen molar-refractivity contribution in [3.05, 3.63) is 0 Å². The summed E-state index contributed by atoms with van der Waals surface area (Å²) in [5.41, 5.74) is 0.728. The molecule has 0 aromatic carbocycles. The second-order valence-electron chi connectivity index (χ2n) is 16.4. The van der Waals surface area contributed by atoms with E-state index in [1.165, 1.54) is 44.9 Å². The van der Waals surface area contributed by atoms with Gasteiger partial charge in [-0.15, -0.1) is 0 Å². The van der Waals surface area contributed by atoms with Crippen molar-refractivity contribution >= 4 is 11.8 Å². The molecule has 4 saturated carbocycles. The first-order valence-corrected chi connectivity index (χ1v) is 17.5. The maximum atomic E-state index is 12.7. The van der Waals surface area contributed by atoms with Crippen LogP contribution in [0.5, 0.6) is 0 Å². The number of carbonyl (C=O) groups is 2. The van der Waals surface area contributed by atoms with E-state index in [0.717, 1.165) is 56.6 Å². The zero-order valence-electron chi connectivity index (χ0n) is 27.4. The topological polar surface area (TPSA) is 79.9 Å². The highest BCUT2D eigenvalue weighted by atomic mass is 16.7. The van der Waals surface area contributed by atoms with Crippen molar-refractivity contribution in [2.75, 3.05) is 33.8 Å². The number of nitrogens with zero attached hydrogens (tertiary/aromatic N) is 1. The lowest BCUT2D eigenvalue weighted by molar-refractivity contribution is -0.273. The van der Waals surface area contributed by atoms with E-state index in [9.17, 15) is 9.59 Å². The van der Waals surface area contributed by atoms with Crippen LogP contribution in [-0.4, -0.2) is 68.4 Å². The third-order valence-electron chi connectivity index (χ3n) is 13.7. The third kappa shape index (κ3) is 5.36. The summed E-state index contributed by atoms with van der Waals surface area (Å²) in [6.45, 7) is 12.4. The van der Waals surface area contributed by atoms with E-state index in [0.29, 0.717) is 47.2 Å². The first kappa shape index (κ1) is 30.8. The first-order chi connectivity index (χ1) is 19.9. The molecule has 6 aliphatic rings. The lowest BCUT2D eigenvalue weighted by Gasteiger charge is -2.61. The standard InChI is InChI=1S/C35H59N3O4/c1-22-10-15-35(41-21-22)23(2)32-29(42-35)19-28-26-9-8-24-18-25(11-13-33(24,3)27(26)12-14-34(28,32)4)37-31(40)20-30(39)36-16-7-17-38(5)6/h22-29,32H,7-21H2,1-6H3,(H,36,39)(H,37,40)/t22-,23-,24+,25-,26+,27-,28-,29-,32-,33-,34-,35+/m0/s1. The van der Waals surface area contributed by atoms with Crippen LogP contribution in [-0.2, 0) is 19.1 Å². The van der Waals surface area contributed by atoms with Gasteiger partial charge in [-0.25, -0.2) is 0 Å². The molecule has 0 aromatic heterocycles. The summed E-state index contributed by atoms with van der Waals surface area (Å²) in [6, 6.07) is 0.206. The number of hydrogen-bond donors (Lipinski definition) is 2. The Hall–Kier alpha value is -1.18. The van der Waals surface area contributed by atoms with Crippen molar-refractivity contribution in [3.8, 4) is 0 Å². The molecule has 2 heterocycles. The molecule has 42 heavy (non-hydrogen) atoms. The molecule has 2 saturated heterocycles. The van der Waals surface area contributed by atoms with Crippen LogP contribution in [0.1, 0.15) is 105 Å². The highest BCUT2D eigenvalue weighted by molar-refractivity contribution is 5.96. The summed E-state index contributed by atoms with van der Waals surface area (Å²) in [6.07, 6.45) is 13.3. The molecule has 12 atom stereocenters. The highest BCUT2D eigenvalue weighted by Gasteiger charge is 2.69. The van der Waals surface area contributed by atoms with E-state index in [4.69, 9.17) is 9.47 Å². The van der Waals surface area contributed by atoms with Gasteiger partial charge in [-0.3, -0.25) is 9.59 Å². The van der Waals surface area contributed by atoms with Crippen LogP contribution >= 0.6 is 0 Å². The number of ether oxygens (including phenoxy) is 2. The molecular formula is C35H59N3O4. The minimum atomic E-state index is -0.327. The molecule has 7 heteroatoms. The van der Waals surface area contributed by atoms with Gasteiger partial charge in [-0.2, -0.15) is 0 Å². The van der Waals surface area contributed by atoms with Gasteiger partial charge < -0.3 is 25.0 Å². The molecule has 0 bridgehead atoms. The summed E-state index contributed by atoms with van der Waals surface area (Å²) < 4.78 is 13.5. The van der Waals surface area contributed by atoms with Crippen LogP contribution in [0.4, 0.5) is 0 Å². The van der Waals surface area contributed by atoms with Crippen molar-refractivity contribution in [1.29, 1.82) is 0 Å². The van der Waals surface area contributed by atoms with Crippen LogP contribution < -0.4 is 10.6 Å². The molecular weight excluding hydrogens is 526 g/mol. The maximum Gasteiger partial charge on any atom is 0.229 e. The van der Waals surface area contributed by atoms with Gasteiger partial charge in [-0.05, 0) is 131 Å². The average Bonchev–Trinajstić information content (AvgIpc) is 3.38. The van der Waals surface area contributed by atoms with Crippen molar-refractivity contribution in [1.82, 2.24) is 15.5 Å². The van der Waals surface area contributed by atoms with E-state index in [2.05, 4.69) is 43.2 Å². The minimum Gasteiger partial charge on any atom is -0.356 e. The van der Waals surface area contributed by atoms with E-state index in [1.54, 1.807) is 0 Å². The Morgan fingerprint density at radius 1 is 0.905 bits per heavy atom. The van der Waals surface area contributed by atoms with Gasteiger partial charge in [-0.1, -0.05) is 27.7 Å². The van der Waals surface area contributed by atoms with Gasteiger partial charge in [0.05, 0.1) is 12.7 Å². The number of carbonyl (C=O) groups excluding carboxylic acids is 2. The Balaban J connectivity index is 1.04. The van der Waals surface area contributed by atoms with Gasteiger partial charge in [0.15, 0.2) is 5.79 Å². The fraction of sp³-hybridized carbons (Fsp3) is 0.943. The molecule has 6 rings (SSSR count). The molecule has 2 aliphatic heterocycles. The van der Waals surface area contributed by atoms with Gasteiger partial charge in [0.25, 0.3) is 0 Å². The van der Waals surface area contributed by atoms with Crippen LogP contribution in [0.15, 0.2) is 0 Å². The predicted molar refractivity (Wildman–Crippen MR) is 164 cm³/mol. The lowest BCUT2D eigenvalue weighted by Crippen LogP contribution is -2.56. The van der Waals surface area contributed by atoms with Gasteiger partial charge in [0.1, 0.15) is 6.42 Å². The molecule has 238 valence electrons. The number of fused-ring (bicyclic) bond motifs is 7. The van der Waals surface area contributed by atoms with Gasteiger partial charge in [0, 0.05) is 24.9 Å². The van der Waals surface area contributed by atoms with E-state index >= 15 is 0 Å². The summed E-state index contributed by atoms with van der Waals surface area (Å²) in [4.78, 5) is 27.1. The number of hydrogen-bond acceptors (Lipinski definition) is 5. The molecule has 1 spiro atoms. The largest absolute Gasteiger partial charge is 0.356 e. The normalized spacial score (nSPS) is 47.8. The quantitative estimate of drug-likeness (QED) is 0.310. The second kappa shape index (κ2) is 11.6. The number of rotatable bonds is 7. The zero-order valence-corrected chi connectivity index (χ0v) is 27.4. The Labute approximate surface area is 255 Å². The van der Waals surface area contributed by atoms with Crippen LogP contribution in [0.3, 0.4) is 0 Å². The number of amides is 2. The van der Waals surface area contributed by atoms with Crippen molar-refractivity contribution in [3.63, 3.8) is 0 Å². The van der Waals surface area contributed by atoms with Crippen LogP contribution in [0, 0.1) is 52.3 Å². The first-order valence-electron chi connectivity index (χ1n) is 17.5. The van der Waals surface area contributed by atoms with Crippen molar-refractivity contribution in [2.24, 2.45) is 52.3 Å². The molecule has 2 N–H and O–H groups in total. The smallest absolute Gasteiger partial charge is 0.229 e. The summed E-state index contributed by atoms with van der Waals surface area (Å²) in [7, 11) is 4.05. The van der Waals surface area contributed by atoms with Crippen LogP contribution in [0.2, 0.25) is 0 Å². The summed E-state index contributed by atoms with van der Waals surface area (Å²) in [5.74, 6) is 4.17. The Bertz CT molecular complexity index is 1010. The maximum absolute atomic E-state index is 12.7. The highest BCUT2D eigenvalue weighted by Crippen LogP contribution is 2.71. The molecule has 7 nitrogen and oxygen atoms in total. The Morgan fingerprint density at radius 3 is 2.43 bits per heavy atom.